The zero-order chi connectivity index (χ0) is 13.3. The van der Waals surface area contributed by atoms with Crippen LogP contribution in [0.25, 0.3) is 11.3 Å². The normalized spacial score (nSPS) is 10.4. The molecule has 0 aliphatic rings. The minimum absolute atomic E-state index is 0.142. The number of aryl methyl sites for hydroxylation is 2. The monoisotopic (exact) mass is 247 g/mol. The molecule has 0 saturated carbocycles. The van der Waals surface area contributed by atoms with Crippen LogP contribution in [0.2, 0.25) is 0 Å². The molecule has 0 atom stereocenters. The van der Waals surface area contributed by atoms with E-state index in [2.05, 4.69) is 4.98 Å². The van der Waals surface area contributed by atoms with Crippen molar-refractivity contribution in [1.82, 2.24) is 4.98 Å². The summed E-state index contributed by atoms with van der Waals surface area (Å²) >= 11 is 0. The Balaban J connectivity index is 2.55. The highest BCUT2D eigenvalue weighted by atomic mass is 16.5. The summed E-state index contributed by atoms with van der Waals surface area (Å²) in [5.74, 6) is -0.192. The quantitative estimate of drug-likeness (QED) is 0.902. The average molecular weight is 247 g/mol. The van der Waals surface area contributed by atoms with Gasteiger partial charge in [0.2, 0.25) is 5.76 Å². The predicted octanol–water partition coefficient (Wildman–Crippen LogP) is 2.67. The van der Waals surface area contributed by atoms with Crippen LogP contribution in [-0.2, 0) is 0 Å². The number of ether oxygens (including phenoxy) is 1. The molecule has 5 heteroatoms. The second kappa shape index (κ2) is 4.52. The predicted molar refractivity (Wildman–Crippen MR) is 64.9 cm³/mol. The molecule has 0 saturated heterocycles. The Labute approximate surface area is 104 Å². The first-order valence-corrected chi connectivity index (χ1v) is 5.38. The highest BCUT2D eigenvalue weighted by Gasteiger charge is 2.19. The number of aromatic nitrogens is 1. The lowest BCUT2D eigenvalue weighted by Crippen LogP contribution is -1.97. The summed E-state index contributed by atoms with van der Waals surface area (Å²) in [6.07, 6.45) is 0. The van der Waals surface area contributed by atoms with E-state index in [1.165, 1.54) is 0 Å². The van der Waals surface area contributed by atoms with Gasteiger partial charge in [0.1, 0.15) is 11.4 Å². The Morgan fingerprint density at radius 3 is 2.67 bits per heavy atom. The zero-order valence-corrected chi connectivity index (χ0v) is 10.4. The molecule has 2 rings (SSSR count). The van der Waals surface area contributed by atoms with Crippen LogP contribution in [0.3, 0.4) is 0 Å². The van der Waals surface area contributed by atoms with Crippen LogP contribution in [0.15, 0.2) is 22.6 Å². The Morgan fingerprint density at radius 1 is 1.39 bits per heavy atom. The van der Waals surface area contributed by atoms with Crippen molar-refractivity contribution in [1.29, 1.82) is 0 Å². The van der Waals surface area contributed by atoms with Gasteiger partial charge in [0.25, 0.3) is 0 Å². The van der Waals surface area contributed by atoms with Gasteiger partial charge in [0, 0.05) is 12.5 Å². The number of aromatic carboxylic acids is 1. The van der Waals surface area contributed by atoms with E-state index in [-0.39, 0.29) is 5.76 Å². The smallest absolute Gasteiger partial charge is 0.374 e. The second-order valence-corrected chi connectivity index (χ2v) is 3.90. The maximum Gasteiger partial charge on any atom is 0.374 e. The Bertz CT molecular complexity index is 601. The van der Waals surface area contributed by atoms with Crippen molar-refractivity contribution in [3.8, 4) is 17.0 Å². The fraction of sp³-hybridized carbons (Fsp3) is 0.231. The molecule has 18 heavy (non-hydrogen) atoms. The van der Waals surface area contributed by atoms with E-state index >= 15 is 0 Å². The molecule has 0 aliphatic heterocycles. The van der Waals surface area contributed by atoms with Gasteiger partial charge in [-0.2, -0.15) is 0 Å². The summed E-state index contributed by atoms with van der Waals surface area (Å²) in [7, 11) is 1.59. The summed E-state index contributed by atoms with van der Waals surface area (Å²) in [4.78, 5) is 15.2. The second-order valence-electron chi connectivity index (χ2n) is 3.90. The van der Waals surface area contributed by atoms with Crippen molar-refractivity contribution >= 4 is 5.97 Å². The Morgan fingerprint density at radius 2 is 2.11 bits per heavy atom. The number of carboxylic acids is 1. The van der Waals surface area contributed by atoms with Crippen molar-refractivity contribution < 1.29 is 19.1 Å². The van der Waals surface area contributed by atoms with Gasteiger partial charge in [-0.1, -0.05) is 0 Å². The number of oxazole rings is 1. The Hall–Kier alpha value is -2.30. The summed E-state index contributed by atoms with van der Waals surface area (Å²) in [5.41, 5.74) is 1.94. The van der Waals surface area contributed by atoms with Gasteiger partial charge in [0.15, 0.2) is 5.89 Å². The molecule has 1 heterocycles. The van der Waals surface area contributed by atoms with E-state index in [0.29, 0.717) is 17.1 Å². The zero-order valence-electron chi connectivity index (χ0n) is 10.4. The van der Waals surface area contributed by atoms with E-state index in [0.717, 1.165) is 11.3 Å². The van der Waals surface area contributed by atoms with Crippen molar-refractivity contribution in [3.05, 3.63) is 35.4 Å². The number of hydrogen-bond donors (Lipinski definition) is 1. The molecule has 94 valence electrons. The lowest BCUT2D eigenvalue weighted by Gasteiger charge is -2.05. The van der Waals surface area contributed by atoms with Crippen molar-refractivity contribution in [3.63, 3.8) is 0 Å². The van der Waals surface area contributed by atoms with Gasteiger partial charge >= 0.3 is 5.97 Å². The highest BCUT2D eigenvalue weighted by Crippen LogP contribution is 2.28. The number of hydrogen-bond acceptors (Lipinski definition) is 4. The highest BCUT2D eigenvalue weighted by molar-refractivity contribution is 5.91. The first kappa shape index (κ1) is 12.2. The van der Waals surface area contributed by atoms with Crippen LogP contribution < -0.4 is 4.74 Å². The van der Waals surface area contributed by atoms with E-state index in [4.69, 9.17) is 14.3 Å². The van der Waals surface area contributed by atoms with Crippen LogP contribution in [0.1, 0.15) is 22.0 Å². The average Bonchev–Trinajstić information content (AvgIpc) is 2.71. The molecule has 0 amide bonds. The molecule has 0 bridgehead atoms. The first-order chi connectivity index (χ1) is 8.52. The molecule has 5 nitrogen and oxygen atoms in total. The molecule has 0 spiro atoms. The van der Waals surface area contributed by atoms with Crippen molar-refractivity contribution in [2.75, 3.05) is 7.11 Å². The topological polar surface area (TPSA) is 72.6 Å². The van der Waals surface area contributed by atoms with Crippen LogP contribution in [0.5, 0.6) is 5.75 Å². The van der Waals surface area contributed by atoms with E-state index < -0.39 is 5.97 Å². The largest absolute Gasteiger partial charge is 0.496 e. The summed E-state index contributed by atoms with van der Waals surface area (Å²) in [5, 5.41) is 9.05. The number of benzene rings is 1. The van der Waals surface area contributed by atoms with Crippen molar-refractivity contribution in [2.24, 2.45) is 0 Å². The molecule has 0 radical (unpaired) electrons. The van der Waals surface area contributed by atoms with Gasteiger partial charge in [-0.3, -0.25) is 0 Å². The SMILES string of the molecule is COc1ccc(-c2nc(C)oc2C(=O)O)cc1C. The molecule has 1 aromatic carbocycles. The van der Waals surface area contributed by atoms with Gasteiger partial charge < -0.3 is 14.3 Å². The molecule has 1 aromatic heterocycles. The Kier molecular flexibility index (Phi) is 3.06. The lowest BCUT2D eigenvalue weighted by molar-refractivity contribution is 0.0662. The van der Waals surface area contributed by atoms with Gasteiger partial charge in [-0.15, -0.1) is 0 Å². The third-order valence-corrected chi connectivity index (χ3v) is 2.60. The van der Waals surface area contributed by atoms with Crippen LogP contribution >= 0.6 is 0 Å². The van der Waals surface area contributed by atoms with E-state index in [1.807, 2.05) is 13.0 Å². The van der Waals surface area contributed by atoms with Crippen molar-refractivity contribution in [2.45, 2.75) is 13.8 Å². The number of nitrogens with zero attached hydrogens (tertiary/aromatic N) is 1. The number of methoxy groups -OCH3 is 1. The summed E-state index contributed by atoms with van der Waals surface area (Å²) < 4.78 is 10.2. The maximum atomic E-state index is 11.1. The van der Waals surface area contributed by atoms with Crippen LogP contribution in [-0.4, -0.2) is 23.2 Å². The third-order valence-electron chi connectivity index (χ3n) is 2.60. The molecular weight excluding hydrogens is 234 g/mol. The van der Waals surface area contributed by atoms with Gasteiger partial charge in [-0.05, 0) is 30.7 Å². The number of carboxylic acid groups (broad SMARTS) is 1. The number of carbonyl (C=O) groups is 1. The maximum absolute atomic E-state index is 11.1. The summed E-state index contributed by atoms with van der Waals surface area (Å²) in [6.45, 7) is 3.50. The van der Waals surface area contributed by atoms with Crippen LogP contribution in [0.4, 0.5) is 0 Å². The number of rotatable bonds is 3. The molecule has 0 fully saturated rings. The standard InChI is InChI=1S/C13H13NO4/c1-7-6-9(4-5-10(7)17-3)11-12(13(15)16)18-8(2)14-11/h4-6H,1-3H3,(H,15,16). The fourth-order valence-electron chi connectivity index (χ4n) is 1.79. The summed E-state index contributed by atoms with van der Waals surface area (Å²) in [6, 6.07) is 5.36. The van der Waals surface area contributed by atoms with Crippen LogP contribution in [0, 0.1) is 13.8 Å². The lowest BCUT2D eigenvalue weighted by atomic mass is 10.1. The van der Waals surface area contributed by atoms with E-state index in [1.54, 1.807) is 26.2 Å². The molecule has 0 unspecified atom stereocenters. The van der Waals surface area contributed by atoms with E-state index in [9.17, 15) is 4.79 Å². The minimum Gasteiger partial charge on any atom is -0.496 e. The van der Waals surface area contributed by atoms with Gasteiger partial charge in [-0.25, -0.2) is 9.78 Å². The molecular formula is C13H13NO4. The first-order valence-electron chi connectivity index (χ1n) is 5.38. The van der Waals surface area contributed by atoms with Gasteiger partial charge in [0.05, 0.1) is 7.11 Å². The molecule has 1 N–H and O–H groups in total. The molecule has 0 aliphatic carbocycles. The third kappa shape index (κ3) is 2.07. The fourth-order valence-corrected chi connectivity index (χ4v) is 1.79. The minimum atomic E-state index is -1.13. The molecule has 2 aromatic rings.